The summed E-state index contributed by atoms with van der Waals surface area (Å²) < 4.78 is 33.3. The predicted octanol–water partition coefficient (Wildman–Crippen LogP) is 3.08. The number of nitrogens with one attached hydrogen (secondary N) is 2. The van der Waals surface area contributed by atoms with Crippen LogP contribution in [-0.4, -0.2) is 31.4 Å². The van der Waals surface area contributed by atoms with Crippen LogP contribution in [0.3, 0.4) is 0 Å². The minimum absolute atomic E-state index is 0.158. The molecule has 0 spiro atoms. The van der Waals surface area contributed by atoms with E-state index in [1.807, 2.05) is 4.72 Å². The number of aryl methyl sites for hydroxylation is 1. The Kier molecular flexibility index (Phi) is 5.72. The van der Waals surface area contributed by atoms with E-state index in [2.05, 4.69) is 5.32 Å². The number of urea groups is 1. The quantitative estimate of drug-likeness (QED) is 0.410. The molecule has 1 heterocycles. The molecule has 2 amide bonds. The second kappa shape index (κ2) is 7.99. The average Bonchev–Trinajstić information content (AvgIpc) is 2.61. The molecule has 0 fully saturated rings. The lowest BCUT2D eigenvalue weighted by Gasteiger charge is -2.36. The predicted molar refractivity (Wildman–Crippen MR) is 112 cm³/mol. The average molecular weight is 447 g/mol. The molecule has 10 nitrogen and oxygen atoms in total. The van der Waals surface area contributed by atoms with Crippen molar-refractivity contribution in [1.82, 2.24) is 4.72 Å². The number of esters is 1. The van der Waals surface area contributed by atoms with Crippen LogP contribution < -0.4 is 10.0 Å². The summed E-state index contributed by atoms with van der Waals surface area (Å²) in [6.45, 7) is 6.70. The zero-order valence-electron chi connectivity index (χ0n) is 17.3. The number of sulfonamides is 1. The maximum atomic E-state index is 13.0. The summed E-state index contributed by atoms with van der Waals surface area (Å²) >= 11 is 0. The van der Waals surface area contributed by atoms with Crippen LogP contribution in [0.2, 0.25) is 0 Å². The highest BCUT2D eigenvalue weighted by atomic mass is 32.2. The van der Waals surface area contributed by atoms with Gasteiger partial charge in [-0.05, 0) is 44.9 Å². The molecule has 2 N–H and O–H groups in total. The molecule has 2 atom stereocenters. The maximum Gasteiger partial charge on any atom is 0.333 e. The third-order valence-electron chi connectivity index (χ3n) is 5.08. The molecule has 2 unspecified atom stereocenters. The summed E-state index contributed by atoms with van der Waals surface area (Å²) in [6, 6.07) is 2.93. The van der Waals surface area contributed by atoms with Crippen molar-refractivity contribution in [3.8, 4) is 0 Å². The number of carbonyl (C=O) groups excluding carboxylic acids is 2. The standard InChI is InChI=1S/C20H21N3O7S/c1-10-5-6-14(15(7-10)23(26)27)21-20(25)22-31(28,29)19-13(4)8-11(2)17-12(3)9-16(24)30-18(17)19/h5-9,17-18H,1-4H3,(H2,21,22,25). The lowest BCUT2D eigenvalue weighted by atomic mass is 9.81. The molecule has 0 radical (unpaired) electrons. The highest BCUT2D eigenvalue weighted by Crippen LogP contribution is 2.40. The molecule has 11 heteroatoms. The van der Waals surface area contributed by atoms with Gasteiger partial charge in [0.1, 0.15) is 10.6 Å². The van der Waals surface area contributed by atoms with Crippen LogP contribution in [-0.2, 0) is 19.6 Å². The van der Waals surface area contributed by atoms with Gasteiger partial charge in [-0.25, -0.2) is 22.7 Å². The Morgan fingerprint density at radius 1 is 1.13 bits per heavy atom. The number of carbonyl (C=O) groups is 2. The van der Waals surface area contributed by atoms with Gasteiger partial charge in [0.2, 0.25) is 0 Å². The van der Waals surface area contributed by atoms with Crippen molar-refractivity contribution < 1.29 is 27.7 Å². The Hall–Kier alpha value is -3.47. The van der Waals surface area contributed by atoms with E-state index in [4.69, 9.17) is 4.74 Å². The molecule has 1 aromatic carbocycles. The molecule has 2 aliphatic rings. The van der Waals surface area contributed by atoms with Crippen LogP contribution in [0.5, 0.6) is 0 Å². The topological polar surface area (TPSA) is 145 Å². The first kappa shape index (κ1) is 22.2. The number of rotatable bonds is 4. The highest BCUT2D eigenvalue weighted by Gasteiger charge is 2.43. The Morgan fingerprint density at radius 3 is 2.42 bits per heavy atom. The van der Waals surface area contributed by atoms with Crippen molar-refractivity contribution in [1.29, 1.82) is 0 Å². The summed E-state index contributed by atoms with van der Waals surface area (Å²) in [5.74, 6) is -1.14. The number of nitrogens with zero attached hydrogens (tertiary/aromatic N) is 1. The maximum absolute atomic E-state index is 13.0. The number of benzene rings is 1. The summed E-state index contributed by atoms with van der Waals surface area (Å²) in [7, 11) is -4.44. The Labute approximate surface area is 178 Å². The molecular formula is C20H21N3O7S. The number of hydrogen-bond donors (Lipinski definition) is 2. The second-order valence-corrected chi connectivity index (χ2v) is 9.15. The van der Waals surface area contributed by atoms with E-state index in [9.17, 15) is 28.1 Å². The summed E-state index contributed by atoms with van der Waals surface area (Å²) in [5, 5.41) is 13.4. The molecule has 1 aromatic rings. The first-order valence-electron chi connectivity index (χ1n) is 9.27. The minimum atomic E-state index is -4.44. The van der Waals surface area contributed by atoms with Gasteiger partial charge < -0.3 is 10.1 Å². The van der Waals surface area contributed by atoms with Crippen LogP contribution in [0.25, 0.3) is 0 Å². The first-order valence-corrected chi connectivity index (χ1v) is 10.8. The molecule has 1 aliphatic carbocycles. The largest absolute Gasteiger partial charge is 0.452 e. The van der Waals surface area contributed by atoms with Gasteiger partial charge in [-0.3, -0.25) is 10.1 Å². The minimum Gasteiger partial charge on any atom is -0.452 e. The van der Waals surface area contributed by atoms with Crippen LogP contribution in [0, 0.1) is 23.0 Å². The summed E-state index contributed by atoms with van der Waals surface area (Å²) in [5.41, 5.74) is 1.86. The van der Waals surface area contributed by atoms with Gasteiger partial charge in [0.25, 0.3) is 15.7 Å². The zero-order valence-corrected chi connectivity index (χ0v) is 18.1. The van der Waals surface area contributed by atoms with Gasteiger partial charge in [-0.15, -0.1) is 0 Å². The van der Waals surface area contributed by atoms with E-state index in [1.165, 1.54) is 18.2 Å². The Morgan fingerprint density at radius 2 is 1.77 bits per heavy atom. The van der Waals surface area contributed by atoms with E-state index >= 15 is 0 Å². The first-order chi connectivity index (χ1) is 14.4. The van der Waals surface area contributed by atoms with Crippen molar-refractivity contribution in [3.05, 3.63) is 67.7 Å². The number of ether oxygens (including phenoxy) is 1. The molecule has 3 rings (SSSR count). The number of nitro benzene ring substituents is 1. The second-order valence-electron chi connectivity index (χ2n) is 7.50. The van der Waals surface area contributed by atoms with E-state index < -0.39 is 39.0 Å². The van der Waals surface area contributed by atoms with E-state index in [1.54, 1.807) is 39.8 Å². The molecule has 1 aliphatic heterocycles. The van der Waals surface area contributed by atoms with Gasteiger partial charge in [0, 0.05) is 18.1 Å². The van der Waals surface area contributed by atoms with Gasteiger partial charge in [-0.1, -0.05) is 23.3 Å². The molecule has 31 heavy (non-hydrogen) atoms. The molecule has 0 aromatic heterocycles. The summed E-state index contributed by atoms with van der Waals surface area (Å²) in [6.07, 6.45) is 1.86. The SMILES string of the molecule is CC1=CC(=O)OC2C(S(=O)(=O)NC(=O)Nc3ccc(C)cc3[N+](=O)[O-])=C(C)C=C(C)C12. The fourth-order valence-electron chi connectivity index (χ4n) is 3.86. The van der Waals surface area contributed by atoms with Crippen molar-refractivity contribution in [3.63, 3.8) is 0 Å². The fourth-order valence-corrected chi connectivity index (χ4v) is 5.24. The van der Waals surface area contributed by atoms with Crippen LogP contribution >= 0.6 is 0 Å². The zero-order chi connectivity index (χ0) is 23.1. The van der Waals surface area contributed by atoms with Gasteiger partial charge in [0.15, 0.2) is 6.10 Å². The van der Waals surface area contributed by atoms with Crippen LogP contribution in [0.15, 0.2) is 52.0 Å². The summed E-state index contributed by atoms with van der Waals surface area (Å²) in [4.78, 5) is 34.6. The van der Waals surface area contributed by atoms with E-state index in [0.717, 1.165) is 5.57 Å². The van der Waals surface area contributed by atoms with Gasteiger partial charge >= 0.3 is 12.0 Å². The number of amides is 2. The highest BCUT2D eigenvalue weighted by molar-refractivity contribution is 7.94. The van der Waals surface area contributed by atoms with Crippen LogP contribution in [0.4, 0.5) is 16.2 Å². The molecule has 0 saturated carbocycles. The number of nitro groups is 1. The van der Waals surface area contributed by atoms with E-state index in [0.29, 0.717) is 16.7 Å². The Bertz CT molecular complexity index is 1200. The number of fused-ring (bicyclic) bond motifs is 1. The van der Waals surface area contributed by atoms with Crippen molar-refractivity contribution in [2.45, 2.75) is 33.8 Å². The third kappa shape index (κ3) is 4.36. The molecular weight excluding hydrogens is 426 g/mol. The normalized spacial score (nSPS) is 20.8. The Balaban J connectivity index is 1.91. The van der Waals surface area contributed by atoms with Gasteiger partial charge in [0.05, 0.1) is 4.92 Å². The molecule has 0 bridgehead atoms. The fraction of sp³-hybridized carbons (Fsp3) is 0.300. The van der Waals surface area contributed by atoms with Crippen molar-refractivity contribution >= 4 is 33.4 Å². The van der Waals surface area contributed by atoms with Crippen LogP contribution in [0.1, 0.15) is 26.3 Å². The van der Waals surface area contributed by atoms with Crippen molar-refractivity contribution in [2.24, 2.45) is 5.92 Å². The van der Waals surface area contributed by atoms with Gasteiger partial charge in [-0.2, -0.15) is 0 Å². The smallest absolute Gasteiger partial charge is 0.333 e. The molecule has 164 valence electrons. The monoisotopic (exact) mass is 447 g/mol. The lowest BCUT2D eigenvalue weighted by Crippen LogP contribution is -2.44. The van der Waals surface area contributed by atoms with E-state index in [-0.39, 0.29) is 16.3 Å². The number of hydrogen-bond acceptors (Lipinski definition) is 7. The third-order valence-corrected chi connectivity index (χ3v) is 6.67. The molecule has 0 saturated heterocycles. The van der Waals surface area contributed by atoms with Crippen molar-refractivity contribution in [2.75, 3.05) is 5.32 Å². The lowest BCUT2D eigenvalue weighted by molar-refractivity contribution is -0.384. The number of anilines is 1. The number of allylic oxidation sites excluding steroid dienone is 2.